The minimum Gasteiger partial charge on any atom is -0.361 e. The Morgan fingerprint density at radius 2 is 2.00 bits per heavy atom. The smallest absolute Gasteiger partial charge is 0.191 e. The van der Waals surface area contributed by atoms with E-state index < -0.39 is 0 Å². The molecule has 7 nitrogen and oxygen atoms in total. The van der Waals surface area contributed by atoms with Crippen molar-refractivity contribution in [3.8, 4) is 0 Å². The minimum absolute atomic E-state index is 0. The molecule has 8 heteroatoms. The molecule has 29 heavy (non-hydrogen) atoms. The van der Waals surface area contributed by atoms with Crippen LogP contribution in [-0.2, 0) is 25.8 Å². The van der Waals surface area contributed by atoms with Crippen LogP contribution in [0.15, 0.2) is 35.7 Å². The molecule has 0 unspecified atom stereocenters. The molecule has 0 bridgehead atoms. The highest BCUT2D eigenvalue weighted by Crippen LogP contribution is 2.22. The lowest BCUT2D eigenvalue weighted by Gasteiger charge is -2.12. The van der Waals surface area contributed by atoms with Gasteiger partial charge >= 0.3 is 0 Å². The number of fused-ring (bicyclic) bond motifs is 1. The number of H-pyrrole nitrogens is 1. The second-order valence-corrected chi connectivity index (χ2v) is 6.74. The zero-order valence-corrected chi connectivity index (χ0v) is 19.9. The summed E-state index contributed by atoms with van der Waals surface area (Å²) in [6.45, 7) is 9.55. The van der Waals surface area contributed by atoms with Gasteiger partial charge in [-0.25, -0.2) is 0 Å². The normalized spacial score (nSPS) is 11.5. The van der Waals surface area contributed by atoms with Crippen molar-refractivity contribution >= 4 is 40.8 Å². The predicted molar refractivity (Wildman–Crippen MR) is 130 cm³/mol. The van der Waals surface area contributed by atoms with E-state index in [0.29, 0.717) is 0 Å². The van der Waals surface area contributed by atoms with Crippen LogP contribution in [0, 0.1) is 0 Å². The summed E-state index contributed by atoms with van der Waals surface area (Å²) in [5.74, 6) is 1.86. The van der Waals surface area contributed by atoms with Crippen molar-refractivity contribution < 1.29 is 0 Å². The van der Waals surface area contributed by atoms with Crippen molar-refractivity contribution in [2.45, 2.75) is 46.6 Å². The fourth-order valence-corrected chi connectivity index (χ4v) is 3.44. The zero-order valence-electron chi connectivity index (χ0n) is 17.5. The molecule has 0 aliphatic carbocycles. The first-order valence-electron chi connectivity index (χ1n) is 10.2. The molecule has 0 fully saturated rings. The summed E-state index contributed by atoms with van der Waals surface area (Å²) < 4.78 is 2.08. The van der Waals surface area contributed by atoms with Gasteiger partial charge < -0.3 is 20.2 Å². The number of benzene rings is 1. The monoisotopic (exact) mass is 509 g/mol. The summed E-state index contributed by atoms with van der Waals surface area (Å²) in [6.07, 6.45) is 6.74. The van der Waals surface area contributed by atoms with E-state index in [4.69, 9.17) is 4.99 Å². The van der Waals surface area contributed by atoms with Gasteiger partial charge in [0.25, 0.3) is 0 Å². The molecule has 0 aliphatic heterocycles. The Labute approximate surface area is 189 Å². The molecule has 0 radical (unpaired) electrons. The summed E-state index contributed by atoms with van der Waals surface area (Å²) in [4.78, 5) is 8.18. The van der Waals surface area contributed by atoms with Gasteiger partial charge in [0.15, 0.2) is 5.96 Å². The van der Waals surface area contributed by atoms with E-state index in [9.17, 15) is 0 Å². The van der Waals surface area contributed by atoms with E-state index in [1.54, 1.807) is 6.33 Å². The van der Waals surface area contributed by atoms with Gasteiger partial charge in [-0.1, -0.05) is 32.0 Å². The lowest BCUT2D eigenvalue weighted by atomic mass is 10.1. The number of rotatable bonds is 9. The number of nitrogens with one attached hydrogen (secondary N) is 3. The number of guanidine groups is 1. The molecule has 158 valence electrons. The fraction of sp³-hybridized carbons (Fsp3) is 0.476. The van der Waals surface area contributed by atoms with Crippen LogP contribution in [-0.4, -0.2) is 45.3 Å². The van der Waals surface area contributed by atoms with Gasteiger partial charge in [0.1, 0.15) is 12.2 Å². The SMILES string of the molecule is CCNC(=NCCc1c[nH]c2c(CC)cccc12)NCCn1cnnc1CC.I. The van der Waals surface area contributed by atoms with E-state index in [1.165, 1.54) is 22.0 Å². The molecule has 0 atom stereocenters. The van der Waals surface area contributed by atoms with Gasteiger partial charge in [-0.3, -0.25) is 4.99 Å². The molecule has 0 spiro atoms. The average Bonchev–Trinajstić information content (AvgIpc) is 3.34. The highest BCUT2D eigenvalue weighted by molar-refractivity contribution is 14.0. The van der Waals surface area contributed by atoms with Crippen molar-refractivity contribution in [3.05, 3.63) is 47.7 Å². The quantitative estimate of drug-likeness (QED) is 0.235. The third-order valence-electron chi connectivity index (χ3n) is 4.92. The van der Waals surface area contributed by atoms with Crippen molar-refractivity contribution in [2.24, 2.45) is 4.99 Å². The number of halogens is 1. The van der Waals surface area contributed by atoms with Crippen molar-refractivity contribution in [1.82, 2.24) is 30.4 Å². The number of hydrogen-bond donors (Lipinski definition) is 3. The zero-order chi connectivity index (χ0) is 19.8. The van der Waals surface area contributed by atoms with Gasteiger partial charge in [0.05, 0.1) is 0 Å². The first-order chi connectivity index (χ1) is 13.8. The van der Waals surface area contributed by atoms with Crippen LogP contribution in [0.4, 0.5) is 0 Å². The maximum atomic E-state index is 4.74. The number of aromatic nitrogens is 4. The van der Waals surface area contributed by atoms with Crippen LogP contribution in [0.1, 0.15) is 37.7 Å². The van der Waals surface area contributed by atoms with Crippen LogP contribution >= 0.6 is 24.0 Å². The van der Waals surface area contributed by atoms with Gasteiger partial charge in [-0.15, -0.1) is 34.2 Å². The van der Waals surface area contributed by atoms with Crippen LogP contribution in [0.25, 0.3) is 10.9 Å². The number of aromatic amines is 1. The third-order valence-corrected chi connectivity index (χ3v) is 4.92. The van der Waals surface area contributed by atoms with Crippen LogP contribution in [0.2, 0.25) is 0 Å². The minimum atomic E-state index is 0. The third kappa shape index (κ3) is 5.94. The number of hydrogen-bond acceptors (Lipinski definition) is 3. The van der Waals surface area contributed by atoms with Gasteiger partial charge in [-0.05, 0) is 30.9 Å². The summed E-state index contributed by atoms with van der Waals surface area (Å²) in [6, 6.07) is 6.52. The Hall–Kier alpha value is -2.10. The number of para-hydroxylation sites is 1. The van der Waals surface area contributed by atoms with Gasteiger partial charge in [0.2, 0.25) is 0 Å². The molecular weight excluding hydrogens is 477 g/mol. The van der Waals surface area contributed by atoms with E-state index in [1.807, 2.05) is 0 Å². The Kier molecular flexibility index (Phi) is 9.43. The first-order valence-corrected chi connectivity index (χ1v) is 10.2. The highest BCUT2D eigenvalue weighted by atomic mass is 127. The molecule has 1 aromatic carbocycles. The first kappa shape index (κ1) is 23.2. The Bertz CT molecular complexity index is 913. The van der Waals surface area contributed by atoms with E-state index in [2.05, 4.69) is 75.5 Å². The average molecular weight is 509 g/mol. The maximum Gasteiger partial charge on any atom is 0.191 e. The summed E-state index contributed by atoms with van der Waals surface area (Å²) in [7, 11) is 0. The summed E-state index contributed by atoms with van der Waals surface area (Å²) in [5.41, 5.74) is 3.94. The fourth-order valence-electron chi connectivity index (χ4n) is 3.44. The Balaban J connectivity index is 0.00000300. The van der Waals surface area contributed by atoms with Crippen LogP contribution in [0.3, 0.4) is 0 Å². The molecule has 2 heterocycles. The number of aliphatic imine (C=N–C) groups is 1. The topological polar surface area (TPSA) is 82.9 Å². The lowest BCUT2D eigenvalue weighted by molar-refractivity contribution is 0.632. The van der Waals surface area contributed by atoms with E-state index in [-0.39, 0.29) is 24.0 Å². The van der Waals surface area contributed by atoms with Crippen molar-refractivity contribution in [1.29, 1.82) is 0 Å². The lowest BCUT2D eigenvalue weighted by Crippen LogP contribution is -2.39. The van der Waals surface area contributed by atoms with Crippen LogP contribution < -0.4 is 10.6 Å². The van der Waals surface area contributed by atoms with Gasteiger partial charge in [-0.2, -0.15) is 0 Å². The molecule has 2 aromatic heterocycles. The predicted octanol–water partition coefficient (Wildman–Crippen LogP) is 3.30. The number of nitrogens with zero attached hydrogens (tertiary/aromatic N) is 4. The van der Waals surface area contributed by atoms with E-state index >= 15 is 0 Å². The second kappa shape index (κ2) is 11.8. The second-order valence-electron chi connectivity index (χ2n) is 6.74. The van der Waals surface area contributed by atoms with E-state index in [0.717, 1.165) is 57.2 Å². The molecule has 3 N–H and O–H groups in total. The molecule has 3 rings (SSSR count). The Morgan fingerprint density at radius 1 is 1.14 bits per heavy atom. The van der Waals surface area contributed by atoms with Crippen LogP contribution in [0.5, 0.6) is 0 Å². The largest absolute Gasteiger partial charge is 0.361 e. The van der Waals surface area contributed by atoms with Gasteiger partial charge in [0, 0.05) is 49.7 Å². The molecular formula is C21H32IN7. The molecule has 3 aromatic rings. The molecule has 0 saturated heterocycles. The van der Waals surface area contributed by atoms with Crippen molar-refractivity contribution in [3.63, 3.8) is 0 Å². The highest BCUT2D eigenvalue weighted by Gasteiger charge is 2.07. The molecule has 0 saturated carbocycles. The summed E-state index contributed by atoms with van der Waals surface area (Å²) >= 11 is 0. The molecule has 0 amide bonds. The summed E-state index contributed by atoms with van der Waals surface area (Å²) in [5, 5.41) is 16.1. The maximum absolute atomic E-state index is 4.74. The van der Waals surface area contributed by atoms with Crippen molar-refractivity contribution in [2.75, 3.05) is 19.6 Å². The number of aryl methyl sites for hydroxylation is 2. The molecule has 0 aliphatic rings. The standard InChI is InChI=1S/C21H31N7.HI/c1-4-16-8-7-9-18-17(14-25-20(16)18)10-11-23-21(22-6-3)24-12-13-28-15-26-27-19(28)5-2;/h7-9,14-15,25H,4-6,10-13H2,1-3H3,(H2,22,23,24);1H. The Morgan fingerprint density at radius 3 is 2.76 bits per heavy atom.